The van der Waals surface area contributed by atoms with Crippen molar-refractivity contribution in [2.45, 2.75) is 38.6 Å². The molecule has 0 aromatic rings. The van der Waals surface area contributed by atoms with E-state index >= 15 is 0 Å². The van der Waals surface area contributed by atoms with Gasteiger partial charge in [0.15, 0.2) is 0 Å². The first-order valence-corrected chi connectivity index (χ1v) is 4.60. The number of nitrogens with zero attached hydrogens (tertiary/aromatic N) is 1. The third-order valence-corrected chi connectivity index (χ3v) is 2.48. The van der Waals surface area contributed by atoms with E-state index in [1.165, 1.54) is 11.8 Å². The van der Waals surface area contributed by atoms with Crippen molar-refractivity contribution < 1.29 is 14.7 Å². The minimum absolute atomic E-state index is 0.130. The Bertz CT molecular complexity index is 209. The Morgan fingerprint density at radius 3 is 2.31 bits per heavy atom. The van der Waals surface area contributed by atoms with E-state index in [0.29, 0.717) is 0 Å². The van der Waals surface area contributed by atoms with Crippen LogP contribution in [0.5, 0.6) is 0 Å². The molecule has 0 heterocycles. The average molecular weight is 185 g/mol. The van der Waals surface area contributed by atoms with Crippen molar-refractivity contribution >= 4 is 11.9 Å². The molecule has 0 aromatic heterocycles. The lowest BCUT2D eigenvalue weighted by atomic mass is 10.2. The first-order chi connectivity index (χ1) is 6.11. The summed E-state index contributed by atoms with van der Waals surface area (Å²) in [5.41, 5.74) is 0. The summed E-state index contributed by atoms with van der Waals surface area (Å²) in [4.78, 5) is 23.1. The van der Waals surface area contributed by atoms with E-state index in [9.17, 15) is 9.59 Å². The van der Waals surface area contributed by atoms with Crippen molar-refractivity contribution in [3.05, 3.63) is 0 Å². The molecule has 1 saturated carbocycles. The molecule has 1 fully saturated rings. The summed E-state index contributed by atoms with van der Waals surface area (Å²) in [6, 6.07) is 0.161. The lowest BCUT2D eigenvalue weighted by Crippen LogP contribution is -2.40. The van der Waals surface area contributed by atoms with Gasteiger partial charge in [0.25, 0.3) is 0 Å². The second-order valence-electron chi connectivity index (χ2n) is 3.48. The molecule has 4 nitrogen and oxygen atoms in total. The predicted octanol–water partition coefficient (Wildman–Crippen LogP) is 0.862. The molecule has 74 valence electrons. The molecular weight excluding hydrogens is 170 g/mol. The zero-order chi connectivity index (χ0) is 9.84. The maximum atomic E-state index is 11.1. The number of hydrogen-bond acceptors (Lipinski definition) is 2. The van der Waals surface area contributed by atoms with Crippen LogP contribution in [-0.4, -0.2) is 34.5 Å². The van der Waals surface area contributed by atoms with Crippen LogP contribution in [0, 0.1) is 0 Å². The Kier molecular flexibility index (Phi) is 3.28. The summed E-state index contributed by atoms with van der Waals surface area (Å²) in [6.07, 6.45) is 4.11. The normalized spacial score (nSPS) is 17.3. The molecule has 1 aliphatic rings. The van der Waals surface area contributed by atoms with Gasteiger partial charge in [-0.05, 0) is 12.8 Å². The highest BCUT2D eigenvalue weighted by atomic mass is 16.4. The van der Waals surface area contributed by atoms with Crippen LogP contribution in [0.2, 0.25) is 0 Å². The number of hydrogen-bond donors (Lipinski definition) is 1. The smallest absolute Gasteiger partial charge is 0.323 e. The van der Waals surface area contributed by atoms with E-state index < -0.39 is 5.97 Å². The molecule has 1 aliphatic carbocycles. The number of carbonyl (C=O) groups is 2. The van der Waals surface area contributed by atoms with Gasteiger partial charge in [-0.2, -0.15) is 0 Å². The van der Waals surface area contributed by atoms with E-state index in [2.05, 4.69) is 0 Å². The molecule has 0 radical (unpaired) electrons. The van der Waals surface area contributed by atoms with Crippen LogP contribution < -0.4 is 0 Å². The Morgan fingerprint density at radius 1 is 1.38 bits per heavy atom. The van der Waals surface area contributed by atoms with Gasteiger partial charge >= 0.3 is 5.97 Å². The van der Waals surface area contributed by atoms with Crippen LogP contribution in [0.3, 0.4) is 0 Å². The molecular formula is C9H15NO3. The zero-order valence-corrected chi connectivity index (χ0v) is 7.82. The van der Waals surface area contributed by atoms with Crippen LogP contribution >= 0.6 is 0 Å². The van der Waals surface area contributed by atoms with E-state index in [1.807, 2.05) is 0 Å². The predicted molar refractivity (Wildman–Crippen MR) is 47.3 cm³/mol. The van der Waals surface area contributed by atoms with Crippen LogP contribution in [0.25, 0.3) is 0 Å². The second kappa shape index (κ2) is 4.25. The molecule has 0 aliphatic heterocycles. The molecule has 1 rings (SSSR count). The van der Waals surface area contributed by atoms with Crippen LogP contribution in [0.4, 0.5) is 0 Å². The maximum Gasteiger partial charge on any atom is 0.323 e. The van der Waals surface area contributed by atoms with Gasteiger partial charge in [-0.1, -0.05) is 12.8 Å². The Labute approximate surface area is 77.5 Å². The van der Waals surface area contributed by atoms with Crippen LogP contribution in [0.15, 0.2) is 0 Å². The second-order valence-corrected chi connectivity index (χ2v) is 3.48. The van der Waals surface area contributed by atoms with Crippen molar-refractivity contribution in [2.75, 3.05) is 6.54 Å². The zero-order valence-electron chi connectivity index (χ0n) is 7.82. The van der Waals surface area contributed by atoms with Crippen molar-refractivity contribution in [1.82, 2.24) is 4.90 Å². The molecule has 13 heavy (non-hydrogen) atoms. The number of carboxylic acids is 1. The topological polar surface area (TPSA) is 57.6 Å². The lowest BCUT2D eigenvalue weighted by Gasteiger charge is -2.25. The number of aliphatic carboxylic acids is 1. The molecule has 0 atom stereocenters. The van der Waals surface area contributed by atoms with Crippen LogP contribution in [-0.2, 0) is 9.59 Å². The molecule has 0 spiro atoms. The highest BCUT2D eigenvalue weighted by Gasteiger charge is 2.25. The van der Waals surface area contributed by atoms with Crippen molar-refractivity contribution in [3.8, 4) is 0 Å². The van der Waals surface area contributed by atoms with Gasteiger partial charge in [0, 0.05) is 13.0 Å². The van der Waals surface area contributed by atoms with Gasteiger partial charge in [-0.25, -0.2) is 0 Å². The van der Waals surface area contributed by atoms with Crippen molar-refractivity contribution in [3.63, 3.8) is 0 Å². The molecule has 0 bridgehead atoms. The van der Waals surface area contributed by atoms with E-state index in [0.717, 1.165) is 25.7 Å². The maximum absolute atomic E-state index is 11.1. The first-order valence-electron chi connectivity index (χ1n) is 4.60. The summed E-state index contributed by atoms with van der Waals surface area (Å²) in [7, 11) is 0. The third-order valence-electron chi connectivity index (χ3n) is 2.48. The summed E-state index contributed by atoms with van der Waals surface area (Å²) in [6.45, 7) is 1.28. The average Bonchev–Trinajstić information content (AvgIpc) is 2.50. The summed E-state index contributed by atoms with van der Waals surface area (Å²) in [5.74, 6) is -1.06. The molecule has 4 heteroatoms. The quantitative estimate of drug-likeness (QED) is 0.709. The number of amides is 1. The largest absolute Gasteiger partial charge is 0.480 e. The lowest BCUT2D eigenvalue weighted by molar-refractivity contribution is -0.145. The van der Waals surface area contributed by atoms with Gasteiger partial charge in [-0.3, -0.25) is 9.59 Å². The summed E-state index contributed by atoms with van der Waals surface area (Å²) >= 11 is 0. The molecule has 0 aromatic carbocycles. The Morgan fingerprint density at radius 2 is 1.92 bits per heavy atom. The van der Waals surface area contributed by atoms with Gasteiger partial charge < -0.3 is 10.0 Å². The summed E-state index contributed by atoms with van der Waals surface area (Å²) < 4.78 is 0. The minimum Gasteiger partial charge on any atom is -0.480 e. The fourth-order valence-corrected chi connectivity index (χ4v) is 1.86. The number of rotatable bonds is 3. The molecule has 0 unspecified atom stereocenters. The fourth-order valence-electron chi connectivity index (χ4n) is 1.86. The van der Waals surface area contributed by atoms with Gasteiger partial charge in [0.1, 0.15) is 6.54 Å². The molecule has 0 saturated heterocycles. The van der Waals surface area contributed by atoms with Crippen molar-refractivity contribution in [2.24, 2.45) is 0 Å². The SMILES string of the molecule is CC(=O)N(CC(=O)O)C1CCCC1. The fraction of sp³-hybridized carbons (Fsp3) is 0.778. The summed E-state index contributed by atoms with van der Waals surface area (Å²) in [5, 5.41) is 8.60. The van der Waals surface area contributed by atoms with E-state index in [4.69, 9.17) is 5.11 Å². The first kappa shape index (κ1) is 10.0. The monoisotopic (exact) mass is 185 g/mol. The van der Waals surface area contributed by atoms with Gasteiger partial charge in [0.2, 0.25) is 5.91 Å². The Balaban J connectivity index is 2.55. The van der Waals surface area contributed by atoms with E-state index in [-0.39, 0.29) is 18.5 Å². The molecule has 1 N–H and O–H groups in total. The number of carbonyl (C=O) groups excluding carboxylic acids is 1. The number of carboxylic acid groups (broad SMARTS) is 1. The molecule has 1 amide bonds. The van der Waals surface area contributed by atoms with Crippen LogP contribution in [0.1, 0.15) is 32.6 Å². The van der Waals surface area contributed by atoms with E-state index in [1.54, 1.807) is 0 Å². The van der Waals surface area contributed by atoms with Crippen molar-refractivity contribution in [1.29, 1.82) is 0 Å². The Hall–Kier alpha value is -1.06. The highest BCUT2D eigenvalue weighted by Crippen LogP contribution is 2.23. The minimum atomic E-state index is -0.929. The highest BCUT2D eigenvalue weighted by molar-refractivity contribution is 5.79. The standard InChI is InChI=1S/C9H15NO3/c1-7(11)10(6-9(12)13)8-4-2-3-5-8/h8H,2-6H2,1H3,(H,12,13). The van der Waals surface area contributed by atoms with Gasteiger partial charge in [-0.15, -0.1) is 0 Å². The third kappa shape index (κ3) is 2.72. The van der Waals surface area contributed by atoms with Gasteiger partial charge in [0.05, 0.1) is 0 Å².